The molecule has 1 aromatic rings. The van der Waals surface area contributed by atoms with Gasteiger partial charge in [0.15, 0.2) is 6.10 Å². The van der Waals surface area contributed by atoms with Crippen LogP contribution in [0.2, 0.25) is 0 Å². The molecule has 1 aromatic carbocycles. The van der Waals surface area contributed by atoms with Gasteiger partial charge >= 0.3 is 0 Å². The molecule has 0 spiro atoms. The molecule has 0 radical (unpaired) electrons. The first kappa shape index (κ1) is 12.7. The average Bonchev–Trinajstić information content (AvgIpc) is 2.26. The Morgan fingerprint density at radius 1 is 1.38 bits per heavy atom. The molecule has 1 rings (SSSR count). The van der Waals surface area contributed by atoms with Crippen molar-refractivity contribution in [3.8, 4) is 6.07 Å². The smallest absolute Gasteiger partial charge is 0.251 e. The van der Waals surface area contributed by atoms with Crippen molar-refractivity contribution in [3.63, 3.8) is 0 Å². The Morgan fingerprint density at radius 2 is 2.00 bits per heavy atom. The van der Waals surface area contributed by atoms with Gasteiger partial charge in [-0.05, 0) is 12.0 Å². The first-order valence-corrected chi connectivity index (χ1v) is 6.49. The molecule has 0 heterocycles. The third-order valence-electron chi connectivity index (χ3n) is 1.96. The first-order chi connectivity index (χ1) is 7.57. The molecule has 1 atom stereocenters. The van der Waals surface area contributed by atoms with Gasteiger partial charge < -0.3 is 0 Å². The highest BCUT2D eigenvalue weighted by Gasteiger charge is 2.18. The first-order valence-electron chi connectivity index (χ1n) is 4.92. The summed E-state index contributed by atoms with van der Waals surface area (Å²) in [4.78, 5) is 0. The molecule has 5 heteroatoms. The quantitative estimate of drug-likeness (QED) is 0.735. The Hall–Kier alpha value is -1.38. The Labute approximate surface area is 95.6 Å². The molecule has 0 aliphatic heterocycles. The summed E-state index contributed by atoms with van der Waals surface area (Å²) < 4.78 is 27.9. The lowest BCUT2D eigenvalue weighted by atomic mass is 10.2. The molecule has 0 N–H and O–H groups in total. The average molecular weight is 239 g/mol. The highest BCUT2D eigenvalue weighted by molar-refractivity contribution is 7.85. The summed E-state index contributed by atoms with van der Waals surface area (Å²) in [6.07, 6.45) is -0.543. The fourth-order valence-electron chi connectivity index (χ4n) is 1.17. The van der Waals surface area contributed by atoms with E-state index in [1.807, 2.05) is 0 Å². The zero-order valence-corrected chi connectivity index (χ0v) is 9.78. The Morgan fingerprint density at radius 3 is 2.50 bits per heavy atom. The molecular weight excluding hydrogens is 226 g/mol. The van der Waals surface area contributed by atoms with Crippen molar-refractivity contribution in [3.05, 3.63) is 35.9 Å². The van der Waals surface area contributed by atoms with Gasteiger partial charge in [0.25, 0.3) is 10.1 Å². The number of benzene rings is 1. The zero-order chi connectivity index (χ0) is 12.0. The molecule has 86 valence electrons. The van der Waals surface area contributed by atoms with Crippen LogP contribution in [0.25, 0.3) is 0 Å². The molecule has 16 heavy (non-hydrogen) atoms. The molecule has 0 fully saturated rings. The monoisotopic (exact) mass is 239 g/mol. The Kier molecular flexibility index (Phi) is 4.47. The minimum Gasteiger partial charge on any atom is -0.251 e. The summed E-state index contributed by atoms with van der Waals surface area (Å²) in [5.41, 5.74) is 0.648. The van der Waals surface area contributed by atoms with E-state index in [-0.39, 0.29) is 5.75 Å². The van der Waals surface area contributed by atoms with Gasteiger partial charge in [-0.25, -0.2) is 0 Å². The second-order valence-electron chi connectivity index (χ2n) is 3.31. The zero-order valence-electron chi connectivity index (χ0n) is 8.96. The van der Waals surface area contributed by atoms with E-state index in [4.69, 9.17) is 9.44 Å². The Bertz CT molecular complexity index is 462. The van der Waals surface area contributed by atoms with Gasteiger partial charge in [-0.1, -0.05) is 37.3 Å². The van der Waals surface area contributed by atoms with Gasteiger partial charge in [0, 0.05) is 0 Å². The predicted molar refractivity (Wildman–Crippen MR) is 59.8 cm³/mol. The molecule has 0 saturated carbocycles. The lowest BCUT2D eigenvalue weighted by Gasteiger charge is -2.08. The molecule has 1 unspecified atom stereocenters. The van der Waals surface area contributed by atoms with Crippen molar-refractivity contribution >= 4 is 10.1 Å². The maximum absolute atomic E-state index is 11.6. The minimum atomic E-state index is -3.68. The third kappa shape index (κ3) is 4.01. The molecule has 0 aromatic heterocycles. The van der Waals surface area contributed by atoms with Crippen molar-refractivity contribution in [1.82, 2.24) is 0 Å². The van der Waals surface area contributed by atoms with Crippen molar-refractivity contribution < 1.29 is 12.6 Å². The van der Waals surface area contributed by atoms with Gasteiger partial charge in [0.1, 0.15) is 5.75 Å². The number of hydrogen-bond acceptors (Lipinski definition) is 4. The van der Waals surface area contributed by atoms with E-state index in [2.05, 4.69) is 0 Å². The van der Waals surface area contributed by atoms with Crippen LogP contribution in [-0.2, 0) is 20.1 Å². The second-order valence-corrected chi connectivity index (χ2v) is 4.91. The van der Waals surface area contributed by atoms with Gasteiger partial charge in [0.05, 0.1) is 6.07 Å². The fraction of sp³-hybridized carbons (Fsp3) is 0.364. The summed E-state index contributed by atoms with van der Waals surface area (Å²) >= 11 is 0. The normalized spacial score (nSPS) is 13.0. The van der Waals surface area contributed by atoms with Crippen molar-refractivity contribution in [2.45, 2.75) is 25.2 Å². The highest BCUT2D eigenvalue weighted by Crippen LogP contribution is 2.10. The fourth-order valence-corrected chi connectivity index (χ4v) is 2.37. The SMILES string of the molecule is CCC(C#N)OS(=O)(=O)Cc1ccccc1. The van der Waals surface area contributed by atoms with E-state index in [0.717, 1.165) is 0 Å². The van der Waals surface area contributed by atoms with Crippen molar-refractivity contribution in [2.75, 3.05) is 0 Å². The van der Waals surface area contributed by atoms with E-state index < -0.39 is 16.2 Å². The summed E-state index contributed by atoms with van der Waals surface area (Å²) in [5, 5.41) is 8.62. The van der Waals surface area contributed by atoms with Crippen LogP contribution in [0.1, 0.15) is 18.9 Å². The van der Waals surface area contributed by atoms with Gasteiger partial charge in [0.2, 0.25) is 0 Å². The molecule has 4 nitrogen and oxygen atoms in total. The summed E-state index contributed by atoms with van der Waals surface area (Å²) in [6.45, 7) is 1.70. The molecule has 0 aliphatic rings. The van der Waals surface area contributed by atoms with Crippen LogP contribution in [0, 0.1) is 11.3 Å². The summed E-state index contributed by atoms with van der Waals surface area (Å²) in [7, 11) is -3.68. The van der Waals surface area contributed by atoms with Crippen LogP contribution in [0.15, 0.2) is 30.3 Å². The van der Waals surface area contributed by atoms with E-state index in [9.17, 15) is 8.42 Å². The van der Waals surface area contributed by atoms with Crippen LogP contribution in [-0.4, -0.2) is 14.5 Å². The third-order valence-corrected chi connectivity index (χ3v) is 3.18. The summed E-state index contributed by atoms with van der Waals surface area (Å²) in [5.74, 6) is -0.202. The number of nitriles is 1. The van der Waals surface area contributed by atoms with Crippen molar-refractivity contribution in [2.24, 2.45) is 0 Å². The second kappa shape index (κ2) is 5.64. The number of rotatable bonds is 5. The van der Waals surface area contributed by atoms with Crippen LogP contribution >= 0.6 is 0 Å². The lowest BCUT2D eigenvalue weighted by molar-refractivity contribution is 0.257. The van der Waals surface area contributed by atoms with E-state index in [1.165, 1.54) is 0 Å². The molecule has 0 aliphatic carbocycles. The van der Waals surface area contributed by atoms with Crippen LogP contribution in [0.5, 0.6) is 0 Å². The molecular formula is C11H13NO3S. The lowest BCUT2D eigenvalue weighted by Crippen LogP contribution is -2.17. The van der Waals surface area contributed by atoms with Gasteiger partial charge in [-0.15, -0.1) is 0 Å². The highest BCUT2D eigenvalue weighted by atomic mass is 32.2. The minimum absolute atomic E-state index is 0.202. The van der Waals surface area contributed by atoms with E-state index in [1.54, 1.807) is 43.3 Å². The van der Waals surface area contributed by atoms with Crippen LogP contribution in [0.3, 0.4) is 0 Å². The Balaban J connectivity index is 2.70. The van der Waals surface area contributed by atoms with E-state index >= 15 is 0 Å². The predicted octanol–water partition coefficient (Wildman–Crippen LogP) is 1.84. The maximum Gasteiger partial charge on any atom is 0.272 e. The molecule has 0 bridgehead atoms. The standard InChI is InChI=1S/C11H13NO3S/c1-2-11(8-12)15-16(13,14)9-10-6-4-3-5-7-10/h3-7,11H,2,9H2,1H3. The van der Waals surface area contributed by atoms with Crippen LogP contribution < -0.4 is 0 Å². The topological polar surface area (TPSA) is 67.2 Å². The maximum atomic E-state index is 11.6. The van der Waals surface area contributed by atoms with Crippen molar-refractivity contribution in [1.29, 1.82) is 5.26 Å². The summed E-state index contributed by atoms with van der Waals surface area (Å²) in [6, 6.07) is 10.5. The van der Waals surface area contributed by atoms with Gasteiger partial charge in [-0.2, -0.15) is 13.7 Å². The number of hydrogen-bond donors (Lipinski definition) is 0. The molecule has 0 saturated heterocycles. The largest absolute Gasteiger partial charge is 0.272 e. The van der Waals surface area contributed by atoms with Gasteiger partial charge in [-0.3, -0.25) is 4.18 Å². The number of nitrogens with zero attached hydrogens (tertiary/aromatic N) is 1. The van der Waals surface area contributed by atoms with Crippen LogP contribution in [0.4, 0.5) is 0 Å². The van der Waals surface area contributed by atoms with E-state index in [0.29, 0.717) is 12.0 Å². The molecule has 0 amide bonds.